The van der Waals surface area contributed by atoms with E-state index in [4.69, 9.17) is 4.74 Å². The van der Waals surface area contributed by atoms with Crippen LogP contribution in [0.25, 0.3) is 0 Å². The van der Waals surface area contributed by atoms with Crippen molar-refractivity contribution >= 4 is 5.82 Å². The fraction of sp³-hybridized carbons (Fsp3) is 0.688. The fourth-order valence-electron chi connectivity index (χ4n) is 3.35. The Morgan fingerprint density at radius 3 is 2.70 bits per heavy atom. The van der Waals surface area contributed by atoms with E-state index >= 15 is 0 Å². The lowest BCUT2D eigenvalue weighted by atomic mass is 10.1. The van der Waals surface area contributed by atoms with Crippen LogP contribution in [0, 0.1) is 6.92 Å². The molecule has 1 fully saturated rings. The maximum absolute atomic E-state index is 13.1. The quantitative estimate of drug-likeness (QED) is 0.792. The van der Waals surface area contributed by atoms with Crippen molar-refractivity contribution < 1.29 is 17.9 Å². The second-order valence-electron chi connectivity index (χ2n) is 6.55. The summed E-state index contributed by atoms with van der Waals surface area (Å²) in [6, 6.07) is 1.78. The molecular formula is C16H22F3N3O. The highest BCUT2D eigenvalue weighted by Gasteiger charge is 2.37. The van der Waals surface area contributed by atoms with E-state index < -0.39 is 11.7 Å². The summed E-state index contributed by atoms with van der Waals surface area (Å²) >= 11 is 0. The second-order valence-corrected chi connectivity index (χ2v) is 6.55. The summed E-state index contributed by atoms with van der Waals surface area (Å²) < 4.78 is 44.9. The number of halogens is 3. The molecule has 0 bridgehead atoms. The summed E-state index contributed by atoms with van der Waals surface area (Å²) in [6.45, 7) is 8.91. The predicted molar refractivity (Wildman–Crippen MR) is 81.5 cm³/mol. The van der Waals surface area contributed by atoms with Gasteiger partial charge in [-0.1, -0.05) is 0 Å². The summed E-state index contributed by atoms with van der Waals surface area (Å²) in [5.74, 6) is 0.654. The van der Waals surface area contributed by atoms with Crippen LogP contribution in [0.5, 0.6) is 0 Å². The number of pyridine rings is 1. The zero-order chi connectivity index (χ0) is 16.8. The standard InChI is InChI=1S/C16H22F3N3O/c1-10(2)21-4-5-22-13(7-21)9-23-8-12-6-14(16(17,18)19)11(3)20-15(12)22/h6,10,13H,4-5,7-9H2,1-3H3/t13-/m1/s1. The molecule has 0 aromatic carbocycles. The predicted octanol–water partition coefficient (Wildman–Crippen LogP) is 2.84. The molecule has 7 heteroatoms. The van der Waals surface area contributed by atoms with Gasteiger partial charge in [0.25, 0.3) is 0 Å². The number of nitrogens with zero attached hydrogens (tertiary/aromatic N) is 3. The molecular weight excluding hydrogens is 307 g/mol. The molecule has 0 unspecified atom stereocenters. The van der Waals surface area contributed by atoms with Crippen molar-refractivity contribution in [2.24, 2.45) is 0 Å². The highest BCUT2D eigenvalue weighted by atomic mass is 19.4. The maximum atomic E-state index is 13.1. The molecule has 128 valence electrons. The van der Waals surface area contributed by atoms with E-state index in [9.17, 15) is 13.2 Å². The molecule has 2 aliphatic heterocycles. The van der Waals surface area contributed by atoms with Crippen LogP contribution in [0.2, 0.25) is 0 Å². The number of aromatic nitrogens is 1. The first-order chi connectivity index (χ1) is 10.8. The summed E-state index contributed by atoms with van der Waals surface area (Å²) in [7, 11) is 0. The number of fused-ring (bicyclic) bond motifs is 3. The SMILES string of the molecule is Cc1nc2c(cc1C(F)(F)F)COC[C@H]1CN(C(C)C)CCN21. The number of rotatable bonds is 1. The van der Waals surface area contributed by atoms with E-state index in [0.29, 0.717) is 24.0 Å². The van der Waals surface area contributed by atoms with E-state index in [1.807, 2.05) is 0 Å². The average molecular weight is 329 g/mol. The monoisotopic (exact) mass is 329 g/mol. The van der Waals surface area contributed by atoms with Gasteiger partial charge in [0, 0.05) is 31.2 Å². The summed E-state index contributed by atoms with van der Waals surface area (Å²) in [5.41, 5.74) is -0.106. The van der Waals surface area contributed by atoms with Gasteiger partial charge in [0.2, 0.25) is 0 Å². The van der Waals surface area contributed by atoms with Crippen molar-refractivity contribution in [1.82, 2.24) is 9.88 Å². The number of alkyl halides is 3. The van der Waals surface area contributed by atoms with Crippen molar-refractivity contribution in [3.05, 3.63) is 22.9 Å². The first-order valence-corrected chi connectivity index (χ1v) is 7.93. The molecule has 0 N–H and O–H groups in total. The maximum Gasteiger partial charge on any atom is 0.418 e. The van der Waals surface area contributed by atoms with Crippen LogP contribution in [0.15, 0.2) is 6.07 Å². The molecule has 0 radical (unpaired) electrons. The lowest BCUT2D eigenvalue weighted by molar-refractivity contribution is -0.138. The number of anilines is 1. The van der Waals surface area contributed by atoms with Crippen LogP contribution in [0.1, 0.15) is 30.7 Å². The number of hydrogen-bond donors (Lipinski definition) is 0. The Bertz CT molecular complexity index is 589. The minimum atomic E-state index is -4.38. The third kappa shape index (κ3) is 3.17. The third-order valence-corrected chi connectivity index (χ3v) is 4.66. The Hall–Kier alpha value is -1.34. The molecule has 0 aliphatic carbocycles. The molecule has 1 saturated heterocycles. The topological polar surface area (TPSA) is 28.6 Å². The normalized spacial score (nSPS) is 22.7. The zero-order valence-corrected chi connectivity index (χ0v) is 13.7. The Labute approximate surface area is 134 Å². The largest absolute Gasteiger partial charge is 0.418 e. The molecule has 1 aromatic heterocycles. The van der Waals surface area contributed by atoms with Crippen molar-refractivity contribution in [3.8, 4) is 0 Å². The lowest BCUT2D eigenvalue weighted by Gasteiger charge is -2.43. The molecule has 2 aliphatic rings. The molecule has 0 spiro atoms. The van der Waals surface area contributed by atoms with Gasteiger partial charge in [0.15, 0.2) is 0 Å². The zero-order valence-electron chi connectivity index (χ0n) is 13.7. The number of ether oxygens (including phenoxy) is 1. The van der Waals surface area contributed by atoms with Gasteiger partial charge in [-0.3, -0.25) is 4.90 Å². The summed E-state index contributed by atoms with van der Waals surface area (Å²) in [5, 5.41) is 0. The van der Waals surface area contributed by atoms with Crippen LogP contribution >= 0.6 is 0 Å². The van der Waals surface area contributed by atoms with Crippen molar-refractivity contribution in [2.75, 3.05) is 31.1 Å². The van der Waals surface area contributed by atoms with Gasteiger partial charge in [-0.05, 0) is 26.8 Å². The average Bonchev–Trinajstić information content (AvgIpc) is 2.63. The number of piperazine rings is 1. The van der Waals surface area contributed by atoms with Crippen LogP contribution < -0.4 is 4.90 Å². The summed E-state index contributed by atoms with van der Waals surface area (Å²) in [6.07, 6.45) is -4.38. The van der Waals surface area contributed by atoms with Gasteiger partial charge in [-0.25, -0.2) is 4.98 Å². The van der Waals surface area contributed by atoms with Gasteiger partial charge >= 0.3 is 6.18 Å². The van der Waals surface area contributed by atoms with Crippen molar-refractivity contribution in [1.29, 1.82) is 0 Å². The Morgan fingerprint density at radius 2 is 2.04 bits per heavy atom. The van der Waals surface area contributed by atoms with Crippen LogP contribution in [0.4, 0.5) is 19.0 Å². The highest BCUT2D eigenvalue weighted by molar-refractivity contribution is 5.52. The Balaban J connectivity index is 1.95. The third-order valence-electron chi connectivity index (χ3n) is 4.66. The first kappa shape index (κ1) is 16.5. The smallest absolute Gasteiger partial charge is 0.374 e. The molecule has 0 amide bonds. The van der Waals surface area contributed by atoms with E-state index in [-0.39, 0.29) is 18.3 Å². The number of hydrogen-bond acceptors (Lipinski definition) is 4. The number of aryl methyl sites for hydroxylation is 1. The van der Waals surface area contributed by atoms with E-state index in [2.05, 4.69) is 28.6 Å². The van der Waals surface area contributed by atoms with Crippen molar-refractivity contribution in [3.63, 3.8) is 0 Å². The first-order valence-electron chi connectivity index (χ1n) is 7.93. The van der Waals surface area contributed by atoms with Gasteiger partial charge < -0.3 is 9.64 Å². The Morgan fingerprint density at radius 1 is 1.30 bits per heavy atom. The molecule has 3 heterocycles. The van der Waals surface area contributed by atoms with E-state index in [0.717, 1.165) is 19.6 Å². The van der Waals surface area contributed by atoms with Gasteiger partial charge in [-0.2, -0.15) is 13.2 Å². The fourth-order valence-corrected chi connectivity index (χ4v) is 3.35. The minimum Gasteiger partial charge on any atom is -0.374 e. The van der Waals surface area contributed by atoms with Crippen LogP contribution in [-0.4, -0.2) is 48.2 Å². The van der Waals surface area contributed by atoms with Crippen LogP contribution in [0.3, 0.4) is 0 Å². The minimum absolute atomic E-state index is 0.0307. The van der Waals surface area contributed by atoms with Gasteiger partial charge in [0.1, 0.15) is 5.82 Å². The van der Waals surface area contributed by atoms with Crippen LogP contribution in [-0.2, 0) is 17.5 Å². The van der Waals surface area contributed by atoms with E-state index in [1.165, 1.54) is 13.0 Å². The van der Waals surface area contributed by atoms with Gasteiger partial charge in [-0.15, -0.1) is 0 Å². The molecule has 1 atom stereocenters. The molecule has 3 rings (SSSR count). The molecule has 4 nitrogen and oxygen atoms in total. The Kier molecular flexibility index (Phi) is 4.27. The van der Waals surface area contributed by atoms with Gasteiger partial charge in [0.05, 0.1) is 30.5 Å². The molecule has 23 heavy (non-hydrogen) atoms. The molecule has 0 saturated carbocycles. The van der Waals surface area contributed by atoms with Crippen molar-refractivity contribution in [2.45, 2.75) is 45.6 Å². The summed E-state index contributed by atoms with van der Waals surface area (Å²) in [4.78, 5) is 8.79. The van der Waals surface area contributed by atoms with E-state index in [1.54, 1.807) is 0 Å². The second kappa shape index (κ2) is 5.94. The lowest BCUT2D eigenvalue weighted by Crippen LogP contribution is -2.56. The molecule has 1 aromatic rings. The highest BCUT2D eigenvalue weighted by Crippen LogP contribution is 2.36.